The van der Waals surface area contributed by atoms with Crippen molar-refractivity contribution in [1.82, 2.24) is 30.0 Å². The number of benzene rings is 2. The molecule has 2 fully saturated rings. The van der Waals surface area contributed by atoms with E-state index in [0.717, 1.165) is 35.5 Å². The van der Waals surface area contributed by atoms with Gasteiger partial charge in [0.1, 0.15) is 6.33 Å². The number of nitrogens with zero attached hydrogens (tertiary/aromatic N) is 7. The topological polar surface area (TPSA) is 80.7 Å². The minimum atomic E-state index is -0.0381. The largest absolute Gasteiger partial charge is 0.371 e. The van der Waals surface area contributed by atoms with Crippen LogP contribution in [0.2, 0.25) is 0 Å². The van der Waals surface area contributed by atoms with Gasteiger partial charge in [0.2, 0.25) is 5.91 Å². The molecule has 0 N–H and O–H groups in total. The molecule has 0 unspecified atom stereocenters. The van der Waals surface area contributed by atoms with Gasteiger partial charge >= 0.3 is 0 Å². The average Bonchev–Trinajstić information content (AvgIpc) is 3.39. The van der Waals surface area contributed by atoms with Gasteiger partial charge in [-0.3, -0.25) is 9.69 Å². The number of carbonyl (C=O) groups is 1. The molecular weight excluding hydrogens is 418 g/mol. The highest BCUT2D eigenvalue weighted by Crippen LogP contribution is 2.32. The van der Waals surface area contributed by atoms with E-state index < -0.39 is 0 Å². The molecule has 5 rings (SSSR count). The Morgan fingerprint density at radius 2 is 2.03 bits per heavy atom. The van der Waals surface area contributed by atoms with E-state index in [1.165, 1.54) is 0 Å². The monoisotopic (exact) mass is 443 g/mol. The second kappa shape index (κ2) is 9.10. The van der Waals surface area contributed by atoms with Crippen LogP contribution in [0.4, 0.5) is 5.69 Å². The van der Waals surface area contributed by atoms with Crippen molar-refractivity contribution in [3.8, 4) is 5.69 Å². The van der Waals surface area contributed by atoms with Crippen LogP contribution in [-0.2, 0) is 16.0 Å². The molecule has 0 aliphatic carbocycles. The highest BCUT2D eigenvalue weighted by Gasteiger charge is 2.35. The van der Waals surface area contributed by atoms with E-state index in [1.807, 2.05) is 48.2 Å². The van der Waals surface area contributed by atoms with Gasteiger partial charge in [-0.05, 0) is 46.2 Å². The lowest BCUT2D eigenvalue weighted by molar-refractivity contribution is -0.139. The van der Waals surface area contributed by atoms with Gasteiger partial charge in [0.15, 0.2) is 5.69 Å². The number of aromatic nitrogens is 4. The van der Waals surface area contributed by atoms with Gasteiger partial charge in [0, 0.05) is 26.2 Å². The summed E-state index contributed by atoms with van der Waals surface area (Å²) >= 11 is 0. The van der Waals surface area contributed by atoms with Crippen LogP contribution in [0.3, 0.4) is 0 Å². The number of hydrogen-bond acceptors (Lipinski definition) is 6. The average molecular weight is 444 g/mol. The standard InChI is InChI=1S/C24H25N7O2/c1-17-21(4-3-5-22(17)25-2)23-14-29-10-11-30(13-20(29)15-33-23)24(32)12-18-6-8-19(9-7-18)31-16-26-27-28-31/h3-9,16,20,23H,10-15H2,1H3/t20-,23+/m0/s1. The summed E-state index contributed by atoms with van der Waals surface area (Å²) in [5, 5.41) is 11.2. The van der Waals surface area contributed by atoms with Crippen molar-refractivity contribution >= 4 is 11.6 Å². The van der Waals surface area contributed by atoms with E-state index in [-0.39, 0.29) is 18.1 Å². The molecule has 3 heterocycles. The molecule has 33 heavy (non-hydrogen) atoms. The van der Waals surface area contributed by atoms with E-state index in [1.54, 1.807) is 11.0 Å². The van der Waals surface area contributed by atoms with Gasteiger partial charge in [-0.2, -0.15) is 0 Å². The van der Waals surface area contributed by atoms with Crippen molar-refractivity contribution < 1.29 is 9.53 Å². The van der Waals surface area contributed by atoms with Gasteiger partial charge in [-0.15, -0.1) is 5.10 Å². The summed E-state index contributed by atoms with van der Waals surface area (Å²) in [6.07, 6.45) is 1.87. The Labute approximate surface area is 192 Å². The number of fused-ring (bicyclic) bond motifs is 1. The Hall–Kier alpha value is -3.61. The lowest BCUT2D eigenvalue weighted by Gasteiger charge is -2.46. The summed E-state index contributed by atoms with van der Waals surface area (Å²) in [6.45, 7) is 12.9. The summed E-state index contributed by atoms with van der Waals surface area (Å²) in [5.74, 6) is 0.132. The number of ether oxygens (including phenoxy) is 1. The maximum Gasteiger partial charge on any atom is 0.227 e. The predicted octanol–water partition coefficient (Wildman–Crippen LogP) is 2.35. The molecule has 2 aromatic carbocycles. The van der Waals surface area contributed by atoms with E-state index in [9.17, 15) is 4.79 Å². The van der Waals surface area contributed by atoms with Crippen molar-refractivity contribution in [1.29, 1.82) is 0 Å². The molecule has 168 valence electrons. The third-order valence-corrected chi connectivity index (χ3v) is 6.57. The van der Waals surface area contributed by atoms with Crippen LogP contribution < -0.4 is 0 Å². The molecule has 9 nitrogen and oxygen atoms in total. The van der Waals surface area contributed by atoms with Gasteiger partial charge in [-0.1, -0.05) is 30.3 Å². The summed E-state index contributed by atoms with van der Waals surface area (Å²) in [7, 11) is 0. The molecule has 9 heteroatoms. The molecule has 2 aliphatic rings. The van der Waals surface area contributed by atoms with E-state index in [4.69, 9.17) is 11.3 Å². The van der Waals surface area contributed by atoms with Crippen LogP contribution in [0.25, 0.3) is 10.5 Å². The first-order chi connectivity index (χ1) is 16.1. The summed E-state index contributed by atoms with van der Waals surface area (Å²) in [6, 6.07) is 13.7. The first-order valence-electron chi connectivity index (χ1n) is 11.0. The van der Waals surface area contributed by atoms with E-state index in [2.05, 4.69) is 31.3 Å². The maximum atomic E-state index is 13.0. The minimum Gasteiger partial charge on any atom is -0.371 e. The van der Waals surface area contributed by atoms with Crippen molar-refractivity contribution in [2.24, 2.45) is 0 Å². The summed E-state index contributed by atoms with van der Waals surface area (Å²) in [5.41, 5.74) is 4.59. The summed E-state index contributed by atoms with van der Waals surface area (Å²) < 4.78 is 7.79. The highest BCUT2D eigenvalue weighted by atomic mass is 16.5. The van der Waals surface area contributed by atoms with Crippen LogP contribution >= 0.6 is 0 Å². The fourth-order valence-electron chi connectivity index (χ4n) is 4.64. The molecule has 3 aromatic rings. The molecule has 0 saturated carbocycles. The van der Waals surface area contributed by atoms with Gasteiger partial charge in [0.25, 0.3) is 0 Å². The van der Waals surface area contributed by atoms with E-state index >= 15 is 0 Å². The van der Waals surface area contributed by atoms with Gasteiger partial charge in [0.05, 0.1) is 37.4 Å². The molecule has 2 atom stereocenters. The van der Waals surface area contributed by atoms with Crippen LogP contribution in [0, 0.1) is 13.5 Å². The molecule has 0 bridgehead atoms. The fraction of sp³-hybridized carbons (Fsp3) is 0.375. The predicted molar refractivity (Wildman–Crippen MR) is 121 cm³/mol. The van der Waals surface area contributed by atoms with Crippen LogP contribution in [0.5, 0.6) is 0 Å². The number of carbonyl (C=O) groups excluding carboxylic acids is 1. The number of piperazine rings is 1. The lowest BCUT2D eigenvalue weighted by Crippen LogP contribution is -2.59. The Morgan fingerprint density at radius 1 is 1.18 bits per heavy atom. The molecule has 2 aliphatic heterocycles. The quantitative estimate of drug-likeness (QED) is 0.576. The smallest absolute Gasteiger partial charge is 0.227 e. The van der Waals surface area contributed by atoms with Crippen molar-refractivity contribution in [2.75, 3.05) is 32.8 Å². The van der Waals surface area contributed by atoms with Gasteiger partial charge < -0.3 is 9.64 Å². The Bertz CT molecular complexity index is 1170. The third kappa shape index (κ3) is 4.35. The van der Waals surface area contributed by atoms with Crippen molar-refractivity contribution in [3.05, 3.63) is 76.9 Å². The molecule has 1 aromatic heterocycles. The third-order valence-electron chi connectivity index (χ3n) is 6.57. The Kier molecular flexibility index (Phi) is 5.86. The number of morpholine rings is 1. The zero-order valence-corrected chi connectivity index (χ0v) is 18.5. The number of tetrazole rings is 1. The lowest BCUT2D eigenvalue weighted by atomic mass is 9.98. The number of rotatable bonds is 4. The second-order valence-electron chi connectivity index (χ2n) is 8.51. The van der Waals surface area contributed by atoms with Crippen LogP contribution in [0.15, 0.2) is 48.8 Å². The van der Waals surface area contributed by atoms with E-state index in [0.29, 0.717) is 31.8 Å². The molecule has 0 radical (unpaired) electrons. The normalized spacial score (nSPS) is 20.8. The zero-order valence-electron chi connectivity index (χ0n) is 18.5. The minimum absolute atomic E-state index is 0.0381. The Balaban J connectivity index is 1.18. The molecular formula is C24H25N7O2. The first kappa shape index (κ1) is 21.2. The fourth-order valence-corrected chi connectivity index (χ4v) is 4.64. The van der Waals surface area contributed by atoms with Crippen molar-refractivity contribution in [3.63, 3.8) is 0 Å². The molecule has 0 spiro atoms. The second-order valence-corrected chi connectivity index (χ2v) is 8.51. The molecule has 1 amide bonds. The number of hydrogen-bond donors (Lipinski definition) is 0. The SMILES string of the molecule is [C-]#[N+]c1cccc([C@H]2CN3CCN(C(=O)Cc4ccc(-n5cnnn5)cc4)C[C@H]3CO2)c1C. The van der Waals surface area contributed by atoms with Crippen LogP contribution in [-0.4, -0.2) is 74.7 Å². The summed E-state index contributed by atoms with van der Waals surface area (Å²) in [4.78, 5) is 20.9. The van der Waals surface area contributed by atoms with Crippen molar-refractivity contribution in [2.45, 2.75) is 25.5 Å². The number of amides is 1. The zero-order chi connectivity index (χ0) is 22.8. The molecule has 2 saturated heterocycles. The first-order valence-corrected chi connectivity index (χ1v) is 11.0. The van der Waals surface area contributed by atoms with Crippen LogP contribution in [0.1, 0.15) is 22.8 Å². The van der Waals surface area contributed by atoms with Gasteiger partial charge in [-0.25, -0.2) is 9.53 Å². The Morgan fingerprint density at radius 3 is 2.79 bits per heavy atom. The highest BCUT2D eigenvalue weighted by molar-refractivity contribution is 5.79. The maximum absolute atomic E-state index is 13.0.